The Bertz CT molecular complexity index is 1090. The zero-order valence-corrected chi connectivity index (χ0v) is 18.5. The van der Waals surface area contributed by atoms with Crippen molar-refractivity contribution < 1.29 is 27.5 Å². The van der Waals surface area contributed by atoms with E-state index in [1.807, 2.05) is 20.8 Å². The monoisotopic (exact) mass is 462 g/mol. The number of carboxylic acid groups (broad SMARTS) is 1. The number of nitrogens with one attached hydrogen (secondary N) is 1. The van der Waals surface area contributed by atoms with Gasteiger partial charge < -0.3 is 19.7 Å². The summed E-state index contributed by atoms with van der Waals surface area (Å²) < 4.78 is 44.1. The quantitative estimate of drug-likeness (QED) is 0.443. The van der Waals surface area contributed by atoms with Gasteiger partial charge in [0.05, 0.1) is 16.8 Å². The number of hydrogen-bond donors (Lipinski definition) is 2. The molecule has 10 heteroatoms. The van der Waals surface area contributed by atoms with E-state index in [4.69, 9.17) is 4.42 Å². The van der Waals surface area contributed by atoms with Gasteiger partial charge in [0.15, 0.2) is 0 Å². The predicted octanol–water partition coefficient (Wildman–Crippen LogP) is 6.07. The molecule has 1 heterocycles. The molecular formula is C23H25F3N4O3. The van der Waals surface area contributed by atoms with Crippen LogP contribution in [0.25, 0.3) is 11.5 Å². The van der Waals surface area contributed by atoms with Crippen LogP contribution >= 0.6 is 0 Å². The first kappa shape index (κ1) is 24.1. The Hall–Kier alpha value is -3.56. The molecule has 2 N–H and O–H groups in total. The molecule has 3 aromatic rings. The van der Waals surface area contributed by atoms with E-state index in [1.165, 1.54) is 17.0 Å². The van der Waals surface area contributed by atoms with Crippen molar-refractivity contribution in [2.24, 2.45) is 5.41 Å². The number of alkyl halides is 3. The molecule has 0 aliphatic rings. The van der Waals surface area contributed by atoms with Gasteiger partial charge in [-0.1, -0.05) is 32.9 Å². The van der Waals surface area contributed by atoms with Crippen molar-refractivity contribution >= 4 is 17.5 Å². The van der Waals surface area contributed by atoms with Crippen molar-refractivity contribution in [3.05, 3.63) is 60.0 Å². The third-order valence-corrected chi connectivity index (χ3v) is 4.65. The minimum absolute atomic E-state index is 0.193. The average molecular weight is 462 g/mol. The first-order valence-corrected chi connectivity index (χ1v) is 10.3. The molecule has 0 aliphatic heterocycles. The molecule has 2 aromatic carbocycles. The minimum atomic E-state index is -4.40. The van der Waals surface area contributed by atoms with Gasteiger partial charge in [0.25, 0.3) is 0 Å². The molecule has 33 heavy (non-hydrogen) atoms. The number of rotatable bonds is 7. The summed E-state index contributed by atoms with van der Waals surface area (Å²) in [5, 5.41) is 20.6. The molecule has 176 valence electrons. The second kappa shape index (κ2) is 9.51. The second-order valence-corrected chi connectivity index (χ2v) is 8.76. The van der Waals surface area contributed by atoms with Gasteiger partial charge in [-0.15, -0.1) is 10.2 Å². The summed E-state index contributed by atoms with van der Waals surface area (Å²) in [5.74, 6) is 0.507. The minimum Gasteiger partial charge on any atom is -0.465 e. The molecule has 1 amide bonds. The maximum Gasteiger partial charge on any atom is 0.416 e. The Labute approximate surface area is 189 Å². The lowest BCUT2D eigenvalue weighted by Crippen LogP contribution is -2.38. The van der Waals surface area contributed by atoms with Crippen LogP contribution in [0, 0.1) is 5.41 Å². The van der Waals surface area contributed by atoms with Crippen LogP contribution in [-0.2, 0) is 12.6 Å². The molecule has 0 bridgehead atoms. The van der Waals surface area contributed by atoms with Crippen LogP contribution in [0.2, 0.25) is 0 Å². The number of anilines is 2. The van der Waals surface area contributed by atoms with Gasteiger partial charge in [0.1, 0.15) is 0 Å². The smallest absolute Gasteiger partial charge is 0.416 e. The summed E-state index contributed by atoms with van der Waals surface area (Å²) in [6.07, 6.45) is -5.17. The van der Waals surface area contributed by atoms with Crippen molar-refractivity contribution in [1.82, 2.24) is 15.1 Å². The lowest BCUT2D eigenvalue weighted by molar-refractivity contribution is -0.137. The first-order valence-electron chi connectivity index (χ1n) is 10.3. The third-order valence-electron chi connectivity index (χ3n) is 4.65. The Kier molecular flexibility index (Phi) is 6.95. The summed E-state index contributed by atoms with van der Waals surface area (Å²) in [5.41, 5.74) is 0.689. The van der Waals surface area contributed by atoms with Crippen LogP contribution in [0.15, 0.2) is 52.9 Å². The molecule has 0 saturated carbocycles. The largest absolute Gasteiger partial charge is 0.465 e. The molecule has 0 saturated heterocycles. The fraction of sp³-hybridized carbons (Fsp3) is 0.348. The highest BCUT2D eigenvalue weighted by Crippen LogP contribution is 2.32. The number of amides is 1. The van der Waals surface area contributed by atoms with Gasteiger partial charge in [0, 0.05) is 25.2 Å². The molecule has 0 aliphatic carbocycles. The molecule has 0 unspecified atom stereocenters. The first-order chi connectivity index (χ1) is 15.4. The van der Waals surface area contributed by atoms with Gasteiger partial charge in [-0.05, 0) is 41.8 Å². The molecule has 0 atom stereocenters. The highest BCUT2D eigenvalue weighted by atomic mass is 19.4. The van der Waals surface area contributed by atoms with Crippen LogP contribution in [-0.4, -0.2) is 39.4 Å². The van der Waals surface area contributed by atoms with Crippen molar-refractivity contribution in [2.45, 2.75) is 33.4 Å². The van der Waals surface area contributed by atoms with Gasteiger partial charge in [-0.2, -0.15) is 13.2 Å². The topological polar surface area (TPSA) is 91.5 Å². The van der Waals surface area contributed by atoms with Crippen molar-refractivity contribution in [1.29, 1.82) is 0 Å². The molecule has 7 nitrogen and oxygen atoms in total. The predicted molar refractivity (Wildman–Crippen MR) is 117 cm³/mol. The lowest BCUT2D eigenvalue weighted by Gasteiger charge is -2.27. The normalized spacial score (nSPS) is 11.9. The maximum absolute atomic E-state index is 12.8. The summed E-state index contributed by atoms with van der Waals surface area (Å²) in [6, 6.07) is 11.7. The van der Waals surface area contributed by atoms with Gasteiger partial charge in [-0.25, -0.2) is 4.79 Å². The van der Waals surface area contributed by atoms with Crippen molar-refractivity contribution in [3.63, 3.8) is 0 Å². The molecule has 3 rings (SSSR count). The van der Waals surface area contributed by atoms with E-state index >= 15 is 0 Å². The second-order valence-electron chi connectivity index (χ2n) is 8.76. The van der Waals surface area contributed by atoms with Crippen LogP contribution in [0.4, 0.5) is 29.3 Å². The zero-order valence-electron chi connectivity index (χ0n) is 18.5. The van der Waals surface area contributed by atoms with Crippen LogP contribution < -0.4 is 5.32 Å². The summed E-state index contributed by atoms with van der Waals surface area (Å²) in [6.45, 7) is 6.43. The molecule has 0 spiro atoms. The standard InChI is InChI=1S/C23H25F3N4O3/c1-22(2,3)14-30(21(31)32)13-12-19-28-29-20(33-19)17-6-4-5-7-18(17)27-16-10-8-15(9-11-16)23(24,25)26/h4-11,27H,12-14H2,1-3H3,(H,31,32). The molecule has 1 aromatic heterocycles. The number of halogens is 3. The van der Waals surface area contributed by atoms with Crippen molar-refractivity contribution in [3.8, 4) is 11.5 Å². The number of benzene rings is 2. The number of aromatic nitrogens is 2. The number of hydrogen-bond acceptors (Lipinski definition) is 5. The number of para-hydroxylation sites is 1. The van der Waals surface area contributed by atoms with E-state index < -0.39 is 17.8 Å². The SMILES string of the molecule is CC(C)(C)CN(CCc1nnc(-c2ccccc2Nc2ccc(C(F)(F)F)cc2)o1)C(=O)O. The van der Waals surface area contributed by atoms with Gasteiger partial charge in [0.2, 0.25) is 11.8 Å². The van der Waals surface area contributed by atoms with E-state index in [2.05, 4.69) is 15.5 Å². The summed E-state index contributed by atoms with van der Waals surface area (Å²) in [7, 11) is 0. The number of nitrogens with zero attached hydrogens (tertiary/aromatic N) is 3. The van der Waals surface area contributed by atoms with E-state index in [0.717, 1.165) is 12.1 Å². The Morgan fingerprint density at radius 2 is 1.73 bits per heavy atom. The highest BCUT2D eigenvalue weighted by molar-refractivity contribution is 5.76. The summed E-state index contributed by atoms with van der Waals surface area (Å²) >= 11 is 0. The Morgan fingerprint density at radius 1 is 1.06 bits per heavy atom. The lowest BCUT2D eigenvalue weighted by atomic mass is 9.96. The third kappa shape index (κ3) is 6.71. The molecular weight excluding hydrogens is 437 g/mol. The summed E-state index contributed by atoms with van der Waals surface area (Å²) in [4.78, 5) is 12.8. The van der Waals surface area contributed by atoms with Gasteiger partial charge >= 0.3 is 12.3 Å². The Balaban J connectivity index is 1.73. The fourth-order valence-electron chi connectivity index (χ4n) is 3.19. The van der Waals surface area contributed by atoms with Crippen LogP contribution in [0.1, 0.15) is 32.2 Å². The van der Waals surface area contributed by atoms with Crippen LogP contribution in [0.5, 0.6) is 0 Å². The van der Waals surface area contributed by atoms with Crippen molar-refractivity contribution in [2.75, 3.05) is 18.4 Å². The molecule has 0 radical (unpaired) electrons. The Morgan fingerprint density at radius 3 is 2.33 bits per heavy atom. The zero-order chi connectivity index (χ0) is 24.2. The number of carbonyl (C=O) groups is 1. The maximum atomic E-state index is 12.8. The molecule has 0 fully saturated rings. The highest BCUT2D eigenvalue weighted by Gasteiger charge is 2.30. The van der Waals surface area contributed by atoms with E-state index in [1.54, 1.807) is 24.3 Å². The van der Waals surface area contributed by atoms with E-state index in [0.29, 0.717) is 23.5 Å². The van der Waals surface area contributed by atoms with E-state index in [9.17, 15) is 23.1 Å². The van der Waals surface area contributed by atoms with Gasteiger partial charge in [-0.3, -0.25) is 0 Å². The van der Waals surface area contributed by atoms with E-state index in [-0.39, 0.29) is 30.2 Å². The fourth-order valence-corrected chi connectivity index (χ4v) is 3.19. The average Bonchev–Trinajstić information content (AvgIpc) is 3.19. The van der Waals surface area contributed by atoms with Crippen LogP contribution in [0.3, 0.4) is 0 Å².